The smallest absolute Gasteiger partial charge is 0.331 e. The van der Waals surface area contributed by atoms with E-state index < -0.39 is 4.92 Å². The fraction of sp³-hybridized carbons (Fsp3) is 0.583. The SMILES string of the molecule is CN1CCCC1CCOc1nc(Cl)ccc1[N+](=O)[O-]. The highest BCUT2D eigenvalue weighted by atomic mass is 35.5. The molecule has 1 aliphatic heterocycles. The molecule has 0 saturated carbocycles. The summed E-state index contributed by atoms with van der Waals surface area (Å²) in [5.74, 6) is -0.00171. The van der Waals surface area contributed by atoms with E-state index in [1.807, 2.05) is 0 Å². The number of nitro groups is 1. The van der Waals surface area contributed by atoms with Crippen molar-refractivity contribution in [2.24, 2.45) is 0 Å². The van der Waals surface area contributed by atoms with Crippen molar-refractivity contribution >= 4 is 17.3 Å². The number of hydrogen-bond donors (Lipinski definition) is 0. The Bertz CT molecular complexity index is 470. The molecule has 104 valence electrons. The monoisotopic (exact) mass is 285 g/mol. The van der Waals surface area contributed by atoms with Gasteiger partial charge in [-0.3, -0.25) is 10.1 Å². The summed E-state index contributed by atoms with van der Waals surface area (Å²) >= 11 is 5.73. The van der Waals surface area contributed by atoms with E-state index in [4.69, 9.17) is 16.3 Å². The summed E-state index contributed by atoms with van der Waals surface area (Å²) in [5.41, 5.74) is -0.149. The maximum Gasteiger partial charge on any atom is 0.331 e. The van der Waals surface area contributed by atoms with Crippen LogP contribution in [0.3, 0.4) is 0 Å². The zero-order valence-electron chi connectivity index (χ0n) is 10.7. The molecule has 1 aromatic rings. The Morgan fingerprint density at radius 3 is 3.05 bits per heavy atom. The summed E-state index contributed by atoms with van der Waals surface area (Å²) in [5, 5.41) is 11.0. The van der Waals surface area contributed by atoms with E-state index in [2.05, 4.69) is 16.9 Å². The number of hydrogen-bond acceptors (Lipinski definition) is 5. The molecule has 0 aliphatic carbocycles. The van der Waals surface area contributed by atoms with Crippen LogP contribution in [0.25, 0.3) is 0 Å². The van der Waals surface area contributed by atoms with Gasteiger partial charge in [-0.2, -0.15) is 4.98 Å². The zero-order chi connectivity index (χ0) is 13.8. The normalized spacial score (nSPS) is 19.6. The molecular formula is C12H16ClN3O3. The molecule has 0 N–H and O–H groups in total. The average Bonchev–Trinajstić information content (AvgIpc) is 2.75. The van der Waals surface area contributed by atoms with E-state index in [9.17, 15) is 10.1 Å². The minimum absolute atomic E-state index is 0.00171. The molecule has 1 atom stereocenters. The molecule has 7 heteroatoms. The molecule has 19 heavy (non-hydrogen) atoms. The van der Waals surface area contributed by atoms with Gasteiger partial charge in [-0.1, -0.05) is 11.6 Å². The highest BCUT2D eigenvalue weighted by Crippen LogP contribution is 2.27. The number of rotatable bonds is 5. The van der Waals surface area contributed by atoms with Crippen molar-refractivity contribution in [3.05, 3.63) is 27.4 Å². The van der Waals surface area contributed by atoms with Crippen LogP contribution in [0, 0.1) is 10.1 Å². The topological polar surface area (TPSA) is 68.5 Å². The van der Waals surface area contributed by atoms with Crippen molar-refractivity contribution in [3.63, 3.8) is 0 Å². The van der Waals surface area contributed by atoms with Crippen LogP contribution in [-0.4, -0.2) is 41.0 Å². The fourth-order valence-electron chi connectivity index (χ4n) is 2.29. The first-order chi connectivity index (χ1) is 9.08. The molecule has 6 nitrogen and oxygen atoms in total. The fourth-order valence-corrected chi connectivity index (χ4v) is 2.43. The van der Waals surface area contributed by atoms with Gasteiger partial charge in [0.05, 0.1) is 11.5 Å². The first-order valence-corrected chi connectivity index (χ1v) is 6.59. The molecule has 1 saturated heterocycles. The van der Waals surface area contributed by atoms with Gasteiger partial charge in [0.2, 0.25) is 0 Å². The average molecular weight is 286 g/mol. The number of nitrogens with zero attached hydrogens (tertiary/aromatic N) is 3. The Labute approximate surface area is 116 Å². The summed E-state index contributed by atoms with van der Waals surface area (Å²) in [7, 11) is 2.08. The first kappa shape index (κ1) is 14.0. The highest BCUT2D eigenvalue weighted by molar-refractivity contribution is 6.29. The summed E-state index contributed by atoms with van der Waals surface area (Å²) in [6, 6.07) is 3.18. The van der Waals surface area contributed by atoms with Gasteiger partial charge in [-0.05, 0) is 38.9 Å². The maximum absolute atomic E-state index is 10.8. The molecule has 0 bridgehead atoms. The third-order valence-corrected chi connectivity index (χ3v) is 3.57. The van der Waals surface area contributed by atoms with Crippen LogP contribution >= 0.6 is 11.6 Å². The number of halogens is 1. The predicted octanol–water partition coefficient (Wildman–Crippen LogP) is 2.51. The van der Waals surface area contributed by atoms with E-state index in [0.29, 0.717) is 12.6 Å². The lowest BCUT2D eigenvalue weighted by Gasteiger charge is -2.18. The molecule has 0 radical (unpaired) electrons. The molecule has 0 spiro atoms. The maximum atomic E-state index is 10.8. The van der Waals surface area contributed by atoms with Crippen LogP contribution < -0.4 is 4.74 Å². The van der Waals surface area contributed by atoms with E-state index in [-0.39, 0.29) is 16.7 Å². The van der Waals surface area contributed by atoms with Crippen LogP contribution in [0.15, 0.2) is 12.1 Å². The van der Waals surface area contributed by atoms with E-state index in [1.165, 1.54) is 18.6 Å². The quantitative estimate of drug-likeness (QED) is 0.472. The minimum atomic E-state index is -0.514. The van der Waals surface area contributed by atoms with Gasteiger partial charge < -0.3 is 9.64 Å². The standard InChI is InChI=1S/C12H16ClN3O3/c1-15-7-2-3-9(15)6-8-19-12-10(16(17)18)4-5-11(13)14-12/h4-5,9H,2-3,6-8H2,1H3. The molecule has 1 fully saturated rings. The summed E-state index contributed by atoms with van der Waals surface area (Å²) < 4.78 is 5.43. The minimum Gasteiger partial charge on any atom is -0.473 e. The van der Waals surface area contributed by atoms with Gasteiger partial charge in [-0.25, -0.2) is 0 Å². The molecular weight excluding hydrogens is 270 g/mol. The van der Waals surface area contributed by atoms with E-state index in [0.717, 1.165) is 19.4 Å². The Hall–Kier alpha value is -1.40. The first-order valence-electron chi connectivity index (χ1n) is 6.22. The lowest BCUT2D eigenvalue weighted by Crippen LogP contribution is -2.26. The van der Waals surface area contributed by atoms with Crippen molar-refractivity contribution in [1.29, 1.82) is 0 Å². The van der Waals surface area contributed by atoms with Crippen molar-refractivity contribution in [2.45, 2.75) is 25.3 Å². The third-order valence-electron chi connectivity index (χ3n) is 3.36. The van der Waals surface area contributed by atoms with Gasteiger partial charge in [0, 0.05) is 12.1 Å². The Morgan fingerprint density at radius 1 is 1.63 bits per heavy atom. The summed E-state index contributed by atoms with van der Waals surface area (Å²) in [6.07, 6.45) is 3.17. The van der Waals surface area contributed by atoms with E-state index in [1.54, 1.807) is 0 Å². The molecule has 2 heterocycles. The Balaban J connectivity index is 1.95. The second-order valence-electron chi connectivity index (χ2n) is 4.63. The molecule has 1 unspecified atom stereocenters. The molecule has 1 aromatic heterocycles. The van der Waals surface area contributed by atoms with Gasteiger partial charge in [0.25, 0.3) is 5.88 Å². The predicted molar refractivity (Wildman–Crippen MR) is 71.7 cm³/mol. The van der Waals surface area contributed by atoms with Crippen molar-refractivity contribution in [2.75, 3.05) is 20.2 Å². The van der Waals surface area contributed by atoms with Crippen LogP contribution in [0.4, 0.5) is 5.69 Å². The van der Waals surface area contributed by atoms with Crippen molar-refractivity contribution in [1.82, 2.24) is 9.88 Å². The second-order valence-corrected chi connectivity index (χ2v) is 5.02. The van der Waals surface area contributed by atoms with Crippen molar-refractivity contribution < 1.29 is 9.66 Å². The lowest BCUT2D eigenvalue weighted by atomic mass is 10.1. The molecule has 2 rings (SSSR count). The summed E-state index contributed by atoms with van der Waals surface area (Å²) in [4.78, 5) is 16.5. The molecule has 1 aliphatic rings. The summed E-state index contributed by atoms with van der Waals surface area (Å²) in [6.45, 7) is 1.50. The molecule has 0 aromatic carbocycles. The highest BCUT2D eigenvalue weighted by Gasteiger charge is 2.22. The van der Waals surface area contributed by atoms with Crippen molar-refractivity contribution in [3.8, 4) is 5.88 Å². The van der Waals surface area contributed by atoms with Gasteiger partial charge in [-0.15, -0.1) is 0 Å². The zero-order valence-corrected chi connectivity index (χ0v) is 11.5. The number of pyridine rings is 1. The number of aromatic nitrogens is 1. The Kier molecular flexibility index (Phi) is 4.55. The van der Waals surface area contributed by atoms with Crippen LogP contribution in [0.1, 0.15) is 19.3 Å². The second kappa shape index (κ2) is 6.16. The van der Waals surface area contributed by atoms with E-state index >= 15 is 0 Å². The largest absolute Gasteiger partial charge is 0.473 e. The van der Waals surface area contributed by atoms with Gasteiger partial charge in [0.15, 0.2) is 0 Å². The van der Waals surface area contributed by atoms with Crippen LogP contribution in [0.2, 0.25) is 5.15 Å². The van der Waals surface area contributed by atoms with Gasteiger partial charge >= 0.3 is 5.69 Å². The number of likely N-dealkylation sites (tertiary alicyclic amines) is 1. The van der Waals surface area contributed by atoms with Crippen LogP contribution in [-0.2, 0) is 0 Å². The molecule has 0 amide bonds. The van der Waals surface area contributed by atoms with Crippen LogP contribution in [0.5, 0.6) is 5.88 Å². The van der Waals surface area contributed by atoms with Gasteiger partial charge in [0.1, 0.15) is 5.15 Å². The third kappa shape index (κ3) is 3.54. The number of ether oxygens (including phenoxy) is 1. The Morgan fingerprint density at radius 2 is 2.42 bits per heavy atom. The lowest BCUT2D eigenvalue weighted by molar-refractivity contribution is -0.386.